The zero-order valence-corrected chi connectivity index (χ0v) is 10.3. The van der Waals surface area contributed by atoms with Crippen molar-refractivity contribution in [2.45, 2.75) is 32.8 Å². The summed E-state index contributed by atoms with van der Waals surface area (Å²) in [6, 6.07) is 0. The van der Waals surface area contributed by atoms with E-state index >= 15 is 0 Å². The van der Waals surface area contributed by atoms with Crippen molar-refractivity contribution >= 4 is 16.0 Å². The Morgan fingerprint density at radius 3 is 2.19 bits per heavy atom. The van der Waals surface area contributed by atoms with Crippen LogP contribution in [0.4, 0.5) is 0 Å². The van der Waals surface area contributed by atoms with Crippen LogP contribution in [-0.4, -0.2) is 43.0 Å². The maximum absolute atomic E-state index is 11.1. The van der Waals surface area contributed by atoms with Gasteiger partial charge < -0.3 is 10.2 Å². The van der Waals surface area contributed by atoms with E-state index in [2.05, 4.69) is 4.72 Å². The number of rotatable bonds is 8. The van der Waals surface area contributed by atoms with Gasteiger partial charge in [0.05, 0.1) is 6.10 Å². The van der Waals surface area contributed by atoms with Crippen molar-refractivity contribution < 1.29 is 23.4 Å². The first kappa shape index (κ1) is 15.3. The molecule has 0 amide bonds. The second-order valence-corrected chi connectivity index (χ2v) is 5.45. The van der Waals surface area contributed by atoms with E-state index in [0.717, 1.165) is 12.8 Å². The highest BCUT2D eigenvalue weighted by Gasteiger charge is 2.20. The van der Waals surface area contributed by atoms with Crippen LogP contribution in [0.2, 0.25) is 0 Å². The van der Waals surface area contributed by atoms with E-state index < -0.39 is 27.8 Å². The molecule has 0 aromatic heterocycles. The SMILES string of the molecule is CCC(CC)C(O)CNS(=O)(=O)CC(=O)O. The Balaban J connectivity index is 4.18. The van der Waals surface area contributed by atoms with Gasteiger partial charge >= 0.3 is 5.97 Å². The lowest BCUT2D eigenvalue weighted by molar-refractivity contribution is -0.134. The van der Waals surface area contributed by atoms with Crippen molar-refractivity contribution in [3.8, 4) is 0 Å². The Morgan fingerprint density at radius 1 is 1.31 bits per heavy atom. The van der Waals surface area contributed by atoms with Crippen molar-refractivity contribution in [1.82, 2.24) is 4.72 Å². The van der Waals surface area contributed by atoms with Crippen LogP contribution in [-0.2, 0) is 14.8 Å². The lowest BCUT2D eigenvalue weighted by Crippen LogP contribution is -2.38. The number of carboxylic acids is 1. The largest absolute Gasteiger partial charge is 0.480 e. The second kappa shape index (κ2) is 6.82. The maximum atomic E-state index is 11.1. The lowest BCUT2D eigenvalue weighted by atomic mass is 9.97. The van der Waals surface area contributed by atoms with Crippen LogP contribution < -0.4 is 4.72 Å². The number of carbonyl (C=O) groups is 1. The monoisotopic (exact) mass is 253 g/mol. The minimum Gasteiger partial charge on any atom is -0.480 e. The molecule has 0 bridgehead atoms. The molecule has 7 heteroatoms. The van der Waals surface area contributed by atoms with Crippen molar-refractivity contribution in [2.75, 3.05) is 12.3 Å². The molecule has 0 radical (unpaired) electrons. The number of nitrogens with one attached hydrogen (secondary N) is 1. The van der Waals surface area contributed by atoms with Gasteiger partial charge in [-0.2, -0.15) is 0 Å². The summed E-state index contributed by atoms with van der Waals surface area (Å²) < 4.78 is 24.4. The fourth-order valence-electron chi connectivity index (χ4n) is 1.43. The number of aliphatic carboxylic acids is 1. The molecule has 6 nitrogen and oxygen atoms in total. The molecule has 0 rings (SSSR count). The summed E-state index contributed by atoms with van der Waals surface area (Å²) in [5, 5.41) is 18.0. The molecule has 96 valence electrons. The third kappa shape index (κ3) is 6.04. The van der Waals surface area contributed by atoms with E-state index in [-0.39, 0.29) is 12.5 Å². The molecule has 16 heavy (non-hydrogen) atoms. The van der Waals surface area contributed by atoms with Crippen LogP contribution in [0.25, 0.3) is 0 Å². The van der Waals surface area contributed by atoms with E-state index in [1.54, 1.807) is 0 Å². The van der Waals surface area contributed by atoms with E-state index in [0.29, 0.717) is 0 Å². The molecular weight excluding hydrogens is 234 g/mol. The molecule has 1 atom stereocenters. The van der Waals surface area contributed by atoms with Crippen LogP contribution in [0.5, 0.6) is 0 Å². The first-order chi connectivity index (χ1) is 7.32. The van der Waals surface area contributed by atoms with Crippen molar-refractivity contribution in [3.05, 3.63) is 0 Å². The Bertz CT molecular complexity index is 310. The molecule has 1 unspecified atom stereocenters. The summed E-state index contributed by atoms with van der Waals surface area (Å²) in [6.07, 6.45) is 0.718. The van der Waals surface area contributed by atoms with Gasteiger partial charge in [-0.15, -0.1) is 0 Å². The summed E-state index contributed by atoms with van der Waals surface area (Å²) in [7, 11) is -3.84. The molecule has 0 saturated carbocycles. The summed E-state index contributed by atoms with van der Waals surface area (Å²) in [6.45, 7) is 3.67. The Morgan fingerprint density at radius 2 is 1.81 bits per heavy atom. The number of aliphatic hydroxyl groups is 1. The highest BCUT2D eigenvalue weighted by atomic mass is 32.2. The van der Waals surface area contributed by atoms with Gasteiger partial charge in [-0.25, -0.2) is 13.1 Å². The molecule has 0 heterocycles. The van der Waals surface area contributed by atoms with E-state index in [1.807, 2.05) is 13.8 Å². The molecule has 0 aromatic rings. The third-order valence-electron chi connectivity index (χ3n) is 2.42. The third-order valence-corrected chi connectivity index (χ3v) is 3.65. The van der Waals surface area contributed by atoms with E-state index in [9.17, 15) is 18.3 Å². The lowest BCUT2D eigenvalue weighted by Gasteiger charge is -2.19. The molecule has 0 spiro atoms. The number of sulfonamides is 1. The fourth-order valence-corrected chi connectivity index (χ4v) is 2.28. The first-order valence-corrected chi connectivity index (χ1v) is 6.84. The fraction of sp³-hybridized carbons (Fsp3) is 0.889. The van der Waals surface area contributed by atoms with Gasteiger partial charge in [-0.1, -0.05) is 26.7 Å². The first-order valence-electron chi connectivity index (χ1n) is 5.19. The predicted molar refractivity (Wildman–Crippen MR) is 59.5 cm³/mol. The number of hydrogen-bond donors (Lipinski definition) is 3. The smallest absolute Gasteiger partial charge is 0.320 e. The molecule has 0 aliphatic rings. The van der Waals surface area contributed by atoms with Crippen LogP contribution in [0.3, 0.4) is 0 Å². The molecule has 0 aromatic carbocycles. The standard InChI is InChI=1S/C9H19NO5S/c1-3-7(4-2)8(11)5-10-16(14,15)6-9(12)13/h7-8,10-11H,3-6H2,1-2H3,(H,12,13). The topological polar surface area (TPSA) is 104 Å². The van der Waals surface area contributed by atoms with Crippen molar-refractivity contribution in [2.24, 2.45) is 5.92 Å². The van der Waals surface area contributed by atoms with Crippen LogP contribution in [0, 0.1) is 5.92 Å². The van der Waals surface area contributed by atoms with Crippen LogP contribution in [0.15, 0.2) is 0 Å². The normalized spacial score (nSPS) is 14.0. The van der Waals surface area contributed by atoms with E-state index in [4.69, 9.17) is 5.11 Å². The zero-order valence-electron chi connectivity index (χ0n) is 9.51. The van der Waals surface area contributed by atoms with Gasteiger partial charge in [0.1, 0.15) is 0 Å². The molecule has 0 saturated heterocycles. The predicted octanol–water partition coefficient (Wildman–Crippen LogP) is -0.212. The molecule has 3 N–H and O–H groups in total. The van der Waals surface area contributed by atoms with Crippen molar-refractivity contribution in [3.63, 3.8) is 0 Å². The summed E-state index contributed by atoms with van der Waals surface area (Å²) in [5.74, 6) is -2.36. The number of hydrogen-bond acceptors (Lipinski definition) is 4. The Labute approximate surface area is 95.7 Å². The van der Waals surface area contributed by atoms with E-state index in [1.165, 1.54) is 0 Å². The van der Waals surface area contributed by atoms with Crippen LogP contribution >= 0.6 is 0 Å². The Kier molecular flexibility index (Phi) is 6.54. The van der Waals surface area contributed by atoms with Gasteiger partial charge in [0, 0.05) is 6.54 Å². The number of carboxylic acid groups (broad SMARTS) is 1. The number of aliphatic hydroxyl groups excluding tert-OH is 1. The zero-order chi connectivity index (χ0) is 12.8. The molecule has 0 fully saturated rings. The van der Waals surface area contributed by atoms with Gasteiger partial charge in [0.2, 0.25) is 10.0 Å². The minimum atomic E-state index is -3.84. The highest BCUT2D eigenvalue weighted by molar-refractivity contribution is 7.90. The summed E-state index contributed by atoms with van der Waals surface area (Å²) in [5.41, 5.74) is 0. The average Bonchev–Trinajstić information content (AvgIpc) is 2.15. The maximum Gasteiger partial charge on any atom is 0.320 e. The highest BCUT2D eigenvalue weighted by Crippen LogP contribution is 2.12. The van der Waals surface area contributed by atoms with Gasteiger partial charge in [-0.05, 0) is 5.92 Å². The van der Waals surface area contributed by atoms with Crippen LogP contribution in [0.1, 0.15) is 26.7 Å². The van der Waals surface area contributed by atoms with Crippen molar-refractivity contribution in [1.29, 1.82) is 0 Å². The Hall–Kier alpha value is -0.660. The quantitative estimate of drug-likeness (QED) is 0.555. The minimum absolute atomic E-state index is 0.0209. The molecular formula is C9H19NO5S. The van der Waals surface area contributed by atoms with Gasteiger partial charge in [0.15, 0.2) is 5.75 Å². The molecule has 0 aliphatic carbocycles. The molecule has 0 aliphatic heterocycles. The van der Waals surface area contributed by atoms with Gasteiger partial charge in [0.25, 0.3) is 0 Å². The van der Waals surface area contributed by atoms with Gasteiger partial charge in [-0.3, -0.25) is 4.79 Å². The average molecular weight is 253 g/mol. The summed E-state index contributed by atoms with van der Waals surface area (Å²) >= 11 is 0. The summed E-state index contributed by atoms with van der Waals surface area (Å²) in [4.78, 5) is 10.2. The second-order valence-electron chi connectivity index (χ2n) is 3.65.